The number of rotatable bonds is 5. The van der Waals surface area contributed by atoms with Crippen LogP contribution in [0.5, 0.6) is 0 Å². The minimum atomic E-state index is -4.57. The first-order valence-electron chi connectivity index (χ1n) is 10.7. The number of aromatic nitrogens is 2. The highest BCUT2D eigenvalue weighted by atomic mass is 19.4. The Hall–Kier alpha value is -3.95. The van der Waals surface area contributed by atoms with E-state index in [9.17, 15) is 27.6 Å². The molecule has 0 fully saturated rings. The lowest BCUT2D eigenvalue weighted by atomic mass is 10.1. The summed E-state index contributed by atoms with van der Waals surface area (Å²) in [7, 11) is 1.34. The number of carbonyl (C=O) groups excluding carboxylic acids is 2. The normalized spacial score (nSPS) is 11.3. The maximum Gasteiger partial charge on any atom is 0.416 e. The van der Waals surface area contributed by atoms with Crippen molar-refractivity contribution < 1.29 is 22.8 Å². The van der Waals surface area contributed by atoms with Crippen LogP contribution in [0, 0.1) is 27.7 Å². The number of anilines is 1. The fraction of sp³-hybridized carbons (Fsp3) is 0.280. The predicted molar refractivity (Wildman–Crippen MR) is 126 cm³/mol. The molecule has 1 aromatic heterocycles. The highest BCUT2D eigenvalue weighted by molar-refractivity contribution is 5.98. The molecular weight excluding hydrogens is 461 g/mol. The topological polar surface area (TPSA) is 84.3 Å². The summed E-state index contributed by atoms with van der Waals surface area (Å²) in [5.41, 5.74) is 1.61. The van der Waals surface area contributed by atoms with Gasteiger partial charge in [-0.2, -0.15) is 18.3 Å². The molecule has 0 spiro atoms. The van der Waals surface area contributed by atoms with Crippen LogP contribution in [0.3, 0.4) is 0 Å². The zero-order chi connectivity index (χ0) is 26.1. The molecule has 1 N–H and O–H groups in total. The average Bonchev–Trinajstić information content (AvgIpc) is 2.75. The van der Waals surface area contributed by atoms with Gasteiger partial charge in [0.25, 0.3) is 5.91 Å². The summed E-state index contributed by atoms with van der Waals surface area (Å²) < 4.78 is 40.5. The first-order valence-corrected chi connectivity index (χ1v) is 10.7. The zero-order valence-electron chi connectivity index (χ0n) is 19.9. The van der Waals surface area contributed by atoms with Gasteiger partial charge in [0.1, 0.15) is 0 Å². The second-order valence-corrected chi connectivity index (χ2v) is 8.44. The molecule has 0 atom stereocenters. The predicted octanol–water partition coefficient (Wildman–Crippen LogP) is 4.20. The van der Waals surface area contributed by atoms with Crippen LogP contribution in [0.1, 0.15) is 38.4 Å². The Bertz CT molecular complexity index is 1340. The van der Waals surface area contributed by atoms with Crippen LogP contribution in [-0.4, -0.2) is 40.1 Å². The number of likely N-dealkylation sites (N-methyl/N-ethyl adjacent to an activating group) is 1. The van der Waals surface area contributed by atoms with Gasteiger partial charge in [-0.15, -0.1) is 0 Å². The lowest BCUT2D eigenvalue weighted by molar-refractivity contribution is -0.137. The Morgan fingerprint density at radius 2 is 1.66 bits per heavy atom. The summed E-state index contributed by atoms with van der Waals surface area (Å²) in [6.45, 7) is 6.79. The Morgan fingerprint density at radius 1 is 1.03 bits per heavy atom. The van der Waals surface area contributed by atoms with E-state index in [1.54, 1.807) is 0 Å². The van der Waals surface area contributed by atoms with Crippen molar-refractivity contribution in [1.29, 1.82) is 0 Å². The fourth-order valence-corrected chi connectivity index (χ4v) is 3.80. The molecule has 0 unspecified atom stereocenters. The largest absolute Gasteiger partial charge is 0.416 e. The minimum absolute atomic E-state index is 0.0390. The van der Waals surface area contributed by atoms with Crippen molar-refractivity contribution in [2.24, 2.45) is 0 Å². The van der Waals surface area contributed by atoms with Crippen molar-refractivity contribution in [1.82, 2.24) is 14.7 Å². The molecule has 7 nitrogen and oxygen atoms in total. The molecule has 35 heavy (non-hydrogen) atoms. The lowest BCUT2D eigenvalue weighted by Crippen LogP contribution is -2.38. The van der Waals surface area contributed by atoms with E-state index in [1.807, 2.05) is 32.9 Å². The molecule has 184 valence electrons. The second kappa shape index (κ2) is 9.73. The van der Waals surface area contributed by atoms with Gasteiger partial charge in [0.05, 0.1) is 17.8 Å². The molecule has 1 heterocycles. The zero-order valence-corrected chi connectivity index (χ0v) is 19.9. The molecule has 10 heteroatoms. The van der Waals surface area contributed by atoms with E-state index >= 15 is 0 Å². The van der Waals surface area contributed by atoms with Crippen molar-refractivity contribution in [3.63, 3.8) is 0 Å². The van der Waals surface area contributed by atoms with Gasteiger partial charge in [-0.05, 0) is 57.0 Å². The van der Waals surface area contributed by atoms with Crippen molar-refractivity contribution in [2.75, 3.05) is 18.9 Å². The van der Waals surface area contributed by atoms with Crippen molar-refractivity contribution in [2.45, 2.75) is 33.9 Å². The minimum Gasteiger partial charge on any atom is -0.331 e. The molecule has 2 aromatic carbocycles. The first-order chi connectivity index (χ1) is 16.3. The van der Waals surface area contributed by atoms with E-state index in [0.29, 0.717) is 5.69 Å². The van der Waals surface area contributed by atoms with E-state index in [2.05, 4.69) is 10.4 Å². The van der Waals surface area contributed by atoms with Crippen LogP contribution in [0.2, 0.25) is 0 Å². The van der Waals surface area contributed by atoms with Crippen LogP contribution in [0.4, 0.5) is 18.9 Å². The summed E-state index contributed by atoms with van der Waals surface area (Å²) in [6, 6.07) is 9.35. The summed E-state index contributed by atoms with van der Waals surface area (Å²) >= 11 is 0. The number of hydrogen-bond donors (Lipinski definition) is 1. The highest BCUT2D eigenvalue weighted by Gasteiger charge is 2.31. The first kappa shape index (κ1) is 25.7. The number of amides is 2. The standard InChI is InChI=1S/C25H25F3N4O3/c1-14-9-15(2)22(16(3)10-14)29-21(34)13-31(5)24(35)23-20(33)11-17(4)32(30-23)19-8-6-7-18(12-19)25(26,27)28/h6-12H,13H2,1-5H3,(H,29,34). The maximum absolute atomic E-state index is 13.1. The summed E-state index contributed by atoms with van der Waals surface area (Å²) in [4.78, 5) is 39.1. The third-order valence-corrected chi connectivity index (χ3v) is 5.40. The molecule has 2 amide bonds. The van der Waals surface area contributed by atoms with Gasteiger partial charge in [0.15, 0.2) is 5.69 Å². The quantitative estimate of drug-likeness (QED) is 0.586. The van der Waals surface area contributed by atoms with Crippen molar-refractivity contribution >= 4 is 17.5 Å². The van der Waals surface area contributed by atoms with Crippen LogP contribution < -0.4 is 10.7 Å². The third kappa shape index (κ3) is 5.76. The van der Waals surface area contributed by atoms with Crippen LogP contribution in [-0.2, 0) is 11.0 Å². The van der Waals surface area contributed by atoms with Gasteiger partial charge in [-0.3, -0.25) is 14.4 Å². The molecule has 0 aliphatic carbocycles. The number of carbonyl (C=O) groups is 2. The van der Waals surface area contributed by atoms with E-state index in [4.69, 9.17) is 0 Å². The maximum atomic E-state index is 13.1. The number of aryl methyl sites for hydroxylation is 4. The molecule has 0 aliphatic heterocycles. The second-order valence-electron chi connectivity index (χ2n) is 8.44. The third-order valence-electron chi connectivity index (χ3n) is 5.40. The summed E-state index contributed by atoms with van der Waals surface area (Å²) in [6.07, 6.45) is -4.57. The van der Waals surface area contributed by atoms with Crippen LogP contribution in [0.15, 0.2) is 47.3 Å². The van der Waals surface area contributed by atoms with Gasteiger partial charge in [-0.1, -0.05) is 23.8 Å². The molecular formula is C25H25F3N4O3. The number of nitrogens with zero attached hydrogens (tertiary/aromatic N) is 3. The summed E-state index contributed by atoms with van der Waals surface area (Å²) in [5.74, 6) is -1.30. The van der Waals surface area contributed by atoms with Gasteiger partial charge in [0.2, 0.25) is 11.3 Å². The van der Waals surface area contributed by atoms with E-state index in [-0.39, 0.29) is 17.9 Å². The molecule has 0 saturated carbocycles. The van der Waals surface area contributed by atoms with E-state index in [0.717, 1.165) is 44.5 Å². The molecule has 3 rings (SSSR count). The number of hydrogen-bond acceptors (Lipinski definition) is 4. The van der Waals surface area contributed by atoms with Crippen LogP contribution >= 0.6 is 0 Å². The van der Waals surface area contributed by atoms with Gasteiger partial charge in [0, 0.05) is 24.5 Å². The van der Waals surface area contributed by atoms with E-state index in [1.165, 1.54) is 26.1 Å². The van der Waals surface area contributed by atoms with Gasteiger partial charge < -0.3 is 10.2 Å². The molecule has 0 saturated heterocycles. The average molecular weight is 486 g/mol. The Kier molecular flexibility index (Phi) is 7.14. The summed E-state index contributed by atoms with van der Waals surface area (Å²) in [5, 5.41) is 6.81. The fourth-order valence-electron chi connectivity index (χ4n) is 3.80. The van der Waals surface area contributed by atoms with E-state index < -0.39 is 34.7 Å². The Morgan fingerprint density at radius 3 is 2.26 bits per heavy atom. The van der Waals surface area contributed by atoms with Gasteiger partial charge in [-0.25, -0.2) is 4.68 Å². The van der Waals surface area contributed by atoms with Crippen LogP contribution in [0.25, 0.3) is 5.69 Å². The van der Waals surface area contributed by atoms with Crippen molar-refractivity contribution in [3.8, 4) is 5.69 Å². The molecule has 3 aromatic rings. The van der Waals surface area contributed by atoms with Gasteiger partial charge >= 0.3 is 6.18 Å². The number of halogens is 3. The molecule has 0 bridgehead atoms. The number of benzene rings is 2. The monoisotopic (exact) mass is 486 g/mol. The number of alkyl halides is 3. The molecule has 0 radical (unpaired) electrons. The van der Waals surface area contributed by atoms with Crippen molar-refractivity contribution in [3.05, 3.63) is 86.3 Å². The Labute approximate surface area is 200 Å². The smallest absolute Gasteiger partial charge is 0.331 e. The highest BCUT2D eigenvalue weighted by Crippen LogP contribution is 2.30. The SMILES string of the molecule is Cc1cc(C)c(NC(=O)CN(C)C(=O)c2nn(-c3cccc(C(F)(F)F)c3)c(C)cc2=O)c(C)c1. The molecule has 0 aliphatic rings. The lowest BCUT2D eigenvalue weighted by Gasteiger charge is -2.19. The Balaban J connectivity index is 1.86. The number of nitrogens with one attached hydrogen (secondary N) is 1.